The summed E-state index contributed by atoms with van der Waals surface area (Å²) in [5.74, 6) is 0.249. The van der Waals surface area contributed by atoms with Crippen molar-refractivity contribution in [3.8, 4) is 5.75 Å². The van der Waals surface area contributed by atoms with Gasteiger partial charge in [-0.2, -0.15) is 8.42 Å². The molecule has 0 saturated carbocycles. The second kappa shape index (κ2) is 6.55. The van der Waals surface area contributed by atoms with Crippen LogP contribution in [-0.2, 0) is 10.1 Å². The Balaban J connectivity index is 0.000000203. The SMILES string of the molecule is Nc1ccc(O)cc1.Nc1ccc(S(=O)(=O)O)c2ccccc12. The summed E-state index contributed by atoms with van der Waals surface area (Å²) in [6.45, 7) is 0. The first kappa shape index (κ1) is 16.6. The second-order valence-corrected chi connectivity index (χ2v) is 6.16. The zero-order valence-corrected chi connectivity index (χ0v) is 12.9. The molecule has 3 aromatic carbocycles. The molecule has 0 saturated heterocycles. The molecule has 0 bridgehead atoms. The van der Waals surface area contributed by atoms with E-state index >= 15 is 0 Å². The number of phenolic OH excluding ortho intramolecular Hbond substituents is 1. The molecule has 0 radical (unpaired) electrons. The lowest BCUT2D eigenvalue weighted by molar-refractivity contribution is 0.475. The van der Waals surface area contributed by atoms with Gasteiger partial charge in [0, 0.05) is 22.1 Å². The molecule has 3 aromatic rings. The number of hydrogen-bond donors (Lipinski definition) is 4. The van der Waals surface area contributed by atoms with Crippen LogP contribution in [0.15, 0.2) is 65.6 Å². The van der Waals surface area contributed by atoms with Gasteiger partial charge in [-0.3, -0.25) is 4.55 Å². The van der Waals surface area contributed by atoms with Gasteiger partial charge in [-0.05, 0) is 36.4 Å². The molecule has 0 heterocycles. The van der Waals surface area contributed by atoms with Crippen LogP contribution in [0.5, 0.6) is 5.75 Å². The van der Waals surface area contributed by atoms with E-state index in [0.29, 0.717) is 22.1 Å². The van der Waals surface area contributed by atoms with Gasteiger partial charge in [-0.1, -0.05) is 24.3 Å². The van der Waals surface area contributed by atoms with Gasteiger partial charge in [0.2, 0.25) is 0 Å². The van der Waals surface area contributed by atoms with E-state index in [0.717, 1.165) is 0 Å². The Hall–Kier alpha value is -2.77. The Labute approximate surface area is 133 Å². The summed E-state index contributed by atoms with van der Waals surface area (Å²) in [7, 11) is -4.20. The van der Waals surface area contributed by atoms with Crippen LogP contribution in [0, 0.1) is 0 Å². The highest BCUT2D eigenvalue weighted by molar-refractivity contribution is 7.86. The molecule has 6 N–H and O–H groups in total. The summed E-state index contributed by atoms with van der Waals surface area (Å²) >= 11 is 0. The number of nitrogens with two attached hydrogens (primary N) is 2. The first-order valence-electron chi connectivity index (χ1n) is 6.58. The molecule has 0 aromatic heterocycles. The summed E-state index contributed by atoms with van der Waals surface area (Å²) < 4.78 is 31.2. The summed E-state index contributed by atoms with van der Waals surface area (Å²) in [5, 5.41) is 9.75. The standard InChI is InChI=1S/C10H9NO3S.C6H7NO/c11-9-5-6-10(15(12,13)14)8-4-2-1-3-7(8)9;7-5-1-3-6(8)4-2-5/h1-6H,11H2,(H,12,13,14);1-4,8H,7H2. The summed E-state index contributed by atoms with van der Waals surface area (Å²) in [6, 6.07) is 15.9. The highest BCUT2D eigenvalue weighted by Gasteiger charge is 2.14. The van der Waals surface area contributed by atoms with Gasteiger partial charge >= 0.3 is 0 Å². The maximum atomic E-state index is 11.1. The van der Waals surface area contributed by atoms with Crippen LogP contribution < -0.4 is 11.5 Å². The van der Waals surface area contributed by atoms with E-state index in [1.807, 2.05) is 0 Å². The molecule has 120 valence electrons. The molecular weight excluding hydrogens is 316 g/mol. The number of hydrogen-bond acceptors (Lipinski definition) is 5. The number of phenols is 1. The van der Waals surface area contributed by atoms with E-state index in [1.54, 1.807) is 48.5 Å². The van der Waals surface area contributed by atoms with E-state index in [2.05, 4.69) is 0 Å². The third-order valence-corrected chi connectivity index (χ3v) is 4.00. The Morgan fingerprint density at radius 3 is 1.87 bits per heavy atom. The first-order valence-corrected chi connectivity index (χ1v) is 8.02. The summed E-state index contributed by atoms with van der Waals surface area (Å²) in [5.41, 5.74) is 12.2. The minimum Gasteiger partial charge on any atom is -0.508 e. The van der Waals surface area contributed by atoms with E-state index < -0.39 is 10.1 Å². The van der Waals surface area contributed by atoms with E-state index in [4.69, 9.17) is 21.1 Å². The van der Waals surface area contributed by atoms with Gasteiger partial charge in [-0.25, -0.2) is 0 Å². The Morgan fingerprint density at radius 2 is 1.35 bits per heavy atom. The minimum atomic E-state index is -4.20. The molecule has 0 fully saturated rings. The van der Waals surface area contributed by atoms with Crippen LogP contribution in [0.3, 0.4) is 0 Å². The number of benzene rings is 3. The van der Waals surface area contributed by atoms with Crippen molar-refractivity contribution >= 4 is 32.3 Å². The highest BCUT2D eigenvalue weighted by Crippen LogP contribution is 2.27. The monoisotopic (exact) mass is 332 g/mol. The minimum absolute atomic E-state index is 0.118. The van der Waals surface area contributed by atoms with E-state index in [-0.39, 0.29) is 10.6 Å². The molecular formula is C16H16N2O4S. The molecule has 0 aliphatic heterocycles. The molecule has 0 aliphatic rings. The molecule has 0 amide bonds. The lowest BCUT2D eigenvalue weighted by atomic mass is 10.1. The Bertz CT molecular complexity index is 901. The molecule has 0 spiro atoms. The lowest BCUT2D eigenvalue weighted by Gasteiger charge is -2.05. The zero-order chi connectivity index (χ0) is 17.0. The summed E-state index contributed by atoms with van der Waals surface area (Å²) in [6.07, 6.45) is 0. The molecule has 6 nitrogen and oxygen atoms in total. The Morgan fingerprint density at radius 1 is 0.783 bits per heavy atom. The van der Waals surface area contributed by atoms with E-state index in [9.17, 15) is 8.42 Å². The fraction of sp³-hybridized carbons (Fsp3) is 0. The molecule has 7 heteroatoms. The van der Waals surface area contributed by atoms with Crippen LogP contribution in [0.4, 0.5) is 11.4 Å². The van der Waals surface area contributed by atoms with Gasteiger partial charge in [0.15, 0.2) is 0 Å². The van der Waals surface area contributed by atoms with Crippen molar-refractivity contribution in [3.63, 3.8) is 0 Å². The largest absolute Gasteiger partial charge is 0.508 e. The van der Waals surface area contributed by atoms with Gasteiger partial charge in [0.1, 0.15) is 10.6 Å². The first-order chi connectivity index (χ1) is 10.8. The topological polar surface area (TPSA) is 127 Å². The predicted octanol–water partition coefficient (Wildman–Crippen LogP) is 2.64. The smallest absolute Gasteiger partial charge is 0.295 e. The Kier molecular flexibility index (Phi) is 4.73. The number of fused-ring (bicyclic) bond motifs is 1. The molecule has 0 unspecified atom stereocenters. The second-order valence-electron chi connectivity index (χ2n) is 4.77. The fourth-order valence-corrected chi connectivity index (χ4v) is 2.69. The van der Waals surface area contributed by atoms with Crippen molar-refractivity contribution < 1.29 is 18.1 Å². The summed E-state index contributed by atoms with van der Waals surface area (Å²) in [4.78, 5) is -0.118. The fourth-order valence-electron chi connectivity index (χ4n) is 1.99. The normalized spacial score (nSPS) is 10.8. The van der Waals surface area contributed by atoms with Crippen LogP contribution in [0.1, 0.15) is 0 Å². The quantitative estimate of drug-likeness (QED) is 0.308. The molecule has 0 atom stereocenters. The number of rotatable bonds is 1. The van der Waals surface area contributed by atoms with Gasteiger partial charge < -0.3 is 16.6 Å². The van der Waals surface area contributed by atoms with Crippen molar-refractivity contribution in [3.05, 3.63) is 60.7 Å². The van der Waals surface area contributed by atoms with E-state index in [1.165, 1.54) is 12.1 Å². The van der Waals surface area contributed by atoms with Gasteiger partial charge in [0.25, 0.3) is 10.1 Å². The van der Waals surface area contributed by atoms with Gasteiger partial charge in [-0.15, -0.1) is 0 Å². The third kappa shape index (κ3) is 4.12. The van der Waals surface area contributed by atoms with Crippen molar-refractivity contribution in [1.29, 1.82) is 0 Å². The number of aromatic hydroxyl groups is 1. The lowest BCUT2D eigenvalue weighted by Crippen LogP contribution is -2.00. The predicted molar refractivity (Wildman–Crippen MR) is 90.7 cm³/mol. The average Bonchev–Trinajstić information content (AvgIpc) is 2.50. The molecule has 0 aliphatic carbocycles. The maximum absolute atomic E-state index is 11.1. The van der Waals surface area contributed by atoms with Crippen molar-refractivity contribution in [1.82, 2.24) is 0 Å². The van der Waals surface area contributed by atoms with Crippen LogP contribution >= 0.6 is 0 Å². The average molecular weight is 332 g/mol. The molecule has 3 rings (SSSR count). The number of nitrogen functional groups attached to an aromatic ring is 2. The van der Waals surface area contributed by atoms with Crippen LogP contribution in [-0.4, -0.2) is 18.1 Å². The van der Waals surface area contributed by atoms with Gasteiger partial charge in [0.05, 0.1) is 0 Å². The zero-order valence-electron chi connectivity index (χ0n) is 12.0. The third-order valence-electron chi connectivity index (χ3n) is 3.09. The van der Waals surface area contributed by atoms with Crippen molar-refractivity contribution in [2.45, 2.75) is 4.90 Å². The van der Waals surface area contributed by atoms with Crippen LogP contribution in [0.25, 0.3) is 10.8 Å². The highest BCUT2D eigenvalue weighted by atomic mass is 32.2. The number of anilines is 2. The maximum Gasteiger partial charge on any atom is 0.295 e. The van der Waals surface area contributed by atoms with Crippen LogP contribution in [0.2, 0.25) is 0 Å². The molecule has 23 heavy (non-hydrogen) atoms. The van der Waals surface area contributed by atoms with Crippen molar-refractivity contribution in [2.75, 3.05) is 11.5 Å². The van der Waals surface area contributed by atoms with Crippen molar-refractivity contribution in [2.24, 2.45) is 0 Å².